The third kappa shape index (κ3) is 4.87. The molecule has 1 aromatic rings. The molecular formula is C14H20FNO3. The SMILES string of the molecule is CC(Oc1cccc(F)c1)C(=O)N[C@H](CO)C(C)C. The first-order valence-corrected chi connectivity index (χ1v) is 6.27. The normalized spacial score (nSPS) is 14.0. The minimum absolute atomic E-state index is 0.121. The lowest BCUT2D eigenvalue weighted by Gasteiger charge is -2.22. The molecule has 0 aliphatic rings. The molecule has 1 unspecified atom stereocenters. The molecule has 1 aromatic carbocycles. The number of carbonyl (C=O) groups is 1. The molecule has 0 radical (unpaired) electrons. The number of ether oxygens (including phenoxy) is 1. The first kappa shape index (κ1) is 15.4. The number of amides is 1. The van der Waals surface area contributed by atoms with E-state index in [1.165, 1.54) is 18.2 Å². The highest BCUT2D eigenvalue weighted by Crippen LogP contribution is 2.14. The molecular weight excluding hydrogens is 249 g/mol. The number of aliphatic hydroxyl groups is 1. The first-order valence-electron chi connectivity index (χ1n) is 6.27. The van der Waals surface area contributed by atoms with Crippen molar-refractivity contribution in [2.45, 2.75) is 32.9 Å². The molecule has 0 spiro atoms. The van der Waals surface area contributed by atoms with Crippen LogP contribution in [0.15, 0.2) is 24.3 Å². The van der Waals surface area contributed by atoms with Gasteiger partial charge in [0.05, 0.1) is 12.6 Å². The number of rotatable bonds is 6. The Balaban J connectivity index is 2.57. The van der Waals surface area contributed by atoms with Gasteiger partial charge in [0.25, 0.3) is 5.91 Å². The van der Waals surface area contributed by atoms with Gasteiger partial charge in [0.1, 0.15) is 11.6 Å². The summed E-state index contributed by atoms with van der Waals surface area (Å²) in [6.45, 7) is 5.25. The lowest BCUT2D eigenvalue weighted by atomic mass is 10.1. The van der Waals surface area contributed by atoms with Crippen molar-refractivity contribution in [3.63, 3.8) is 0 Å². The molecule has 4 nitrogen and oxygen atoms in total. The number of halogens is 1. The van der Waals surface area contributed by atoms with Gasteiger partial charge in [-0.15, -0.1) is 0 Å². The van der Waals surface area contributed by atoms with Gasteiger partial charge in [-0.25, -0.2) is 4.39 Å². The second-order valence-corrected chi connectivity index (χ2v) is 4.76. The summed E-state index contributed by atoms with van der Waals surface area (Å²) in [5, 5.41) is 11.8. The Morgan fingerprint density at radius 1 is 1.42 bits per heavy atom. The average molecular weight is 269 g/mol. The monoisotopic (exact) mass is 269 g/mol. The standard InChI is InChI=1S/C14H20FNO3/c1-9(2)13(8-17)16-14(18)10(3)19-12-6-4-5-11(15)7-12/h4-7,9-10,13,17H,8H2,1-3H3,(H,16,18)/t10?,13-/m1/s1. The molecule has 0 saturated heterocycles. The van der Waals surface area contributed by atoms with Gasteiger partial charge in [-0.2, -0.15) is 0 Å². The molecule has 2 N–H and O–H groups in total. The van der Waals surface area contributed by atoms with E-state index in [1.807, 2.05) is 13.8 Å². The fourth-order valence-corrected chi connectivity index (χ4v) is 1.52. The molecule has 5 heteroatoms. The van der Waals surface area contributed by atoms with Gasteiger partial charge in [0, 0.05) is 6.07 Å². The Morgan fingerprint density at radius 2 is 2.11 bits per heavy atom. The van der Waals surface area contributed by atoms with Crippen LogP contribution >= 0.6 is 0 Å². The van der Waals surface area contributed by atoms with E-state index in [1.54, 1.807) is 13.0 Å². The van der Waals surface area contributed by atoms with Gasteiger partial charge in [0.2, 0.25) is 0 Å². The van der Waals surface area contributed by atoms with Crippen LogP contribution in [-0.2, 0) is 4.79 Å². The maximum atomic E-state index is 13.0. The van der Waals surface area contributed by atoms with Crippen molar-refractivity contribution in [2.24, 2.45) is 5.92 Å². The number of carbonyl (C=O) groups excluding carboxylic acids is 1. The van der Waals surface area contributed by atoms with Crippen molar-refractivity contribution < 1.29 is 19.0 Å². The lowest BCUT2D eigenvalue weighted by Crippen LogP contribution is -2.46. The highest BCUT2D eigenvalue weighted by atomic mass is 19.1. The first-order chi connectivity index (χ1) is 8.93. The summed E-state index contributed by atoms with van der Waals surface area (Å²) < 4.78 is 18.3. The Bertz CT molecular complexity index is 423. The van der Waals surface area contributed by atoms with Crippen LogP contribution in [-0.4, -0.2) is 29.8 Å². The summed E-state index contributed by atoms with van der Waals surface area (Å²) in [7, 11) is 0. The van der Waals surface area contributed by atoms with E-state index in [9.17, 15) is 9.18 Å². The van der Waals surface area contributed by atoms with E-state index in [-0.39, 0.29) is 24.5 Å². The molecule has 0 aliphatic heterocycles. The van der Waals surface area contributed by atoms with E-state index in [0.717, 1.165) is 0 Å². The maximum absolute atomic E-state index is 13.0. The molecule has 106 valence electrons. The molecule has 0 fully saturated rings. The zero-order valence-corrected chi connectivity index (χ0v) is 11.4. The average Bonchev–Trinajstić information content (AvgIpc) is 2.35. The van der Waals surface area contributed by atoms with Crippen LogP contribution in [0.2, 0.25) is 0 Å². The van der Waals surface area contributed by atoms with Crippen LogP contribution in [0.4, 0.5) is 4.39 Å². The fraction of sp³-hybridized carbons (Fsp3) is 0.500. The summed E-state index contributed by atoms with van der Waals surface area (Å²) in [6.07, 6.45) is -0.755. The molecule has 2 atom stereocenters. The zero-order valence-electron chi connectivity index (χ0n) is 11.4. The predicted molar refractivity (Wildman–Crippen MR) is 70.3 cm³/mol. The summed E-state index contributed by atoms with van der Waals surface area (Å²) in [5.41, 5.74) is 0. The Labute approximate surface area is 112 Å². The third-order valence-corrected chi connectivity index (χ3v) is 2.81. The third-order valence-electron chi connectivity index (χ3n) is 2.81. The summed E-state index contributed by atoms with van der Waals surface area (Å²) in [6, 6.07) is 5.30. The van der Waals surface area contributed by atoms with E-state index in [2.05, 4.69) is 5.32 Å². The van der Waals surface area contributed by atoms with E-state index >= 15 is 0 Å². The smallest absolute Gasteiger partial charge is 0.261 e. The fourth-order valence-electron chi connectivity index (χ4n) is 1.52. The van der Waals surface area contributed by atoms with Gasteiger partial charge in [-0.1, -0.05) is 19.9 Å². The zero-order chi connectivity index (χ0) is 14.4. The van der Waals surface area contributed by atoms with Crippen molar-refractivity contribution in [2.75, 3.05) is 6.61 Å². The highest BCUT2D eigenvalue weighted by molar-refractivity contribution is 5.81. The van der Waals surface area contributed by atoms with Gasteiger partial charge in [0.15, 0.2) is 6.10 Å². The molecule has 0 saturated carbocycles. The van der Waals surface area contributed by atoms with E-state index in [0.29, 0.717) is 5.75 Å². The summed E-state index contributed by atoms with van der Waals surface area (Å²) in [5.74, 6) is -0.333. The molecule has 19 heavy (non-hydrogen) atoms. The van der Waals surface area contributed by atoms with Crippen LogP contribution in [0.5, 0.6) is 5.75 Å². The van der Waals surface area contributed by atoms with Gasteiger partial charge >= 0.3 is 0 Å². The van der Waals surface area contributed by atoms with E-state index < -0.39 is 11.9 Å². The van der Waals surface area contributed by atoms with Crippen molar-refractivity contribution >= 4 is 5.91 Å². The number of aliphatic hydroxyl groups excluding tert-OH is 1. The number of hydrogen-bond donors (Lipinski definition) is 2. The second-order valence-electron chi connectivity index (χ2n) is 4.76. The van der Waals surface area contributed by atoms with Crippen LogP contribution in [0.3, 0.4) is 0 Å². The van der Waals surface area contributed by atoms with Crippen LogP contribution in [0.1, 0.15) is 20.8 Å². The molecule has 0 bridgehead atoms. The quantitative estimate of drug-likeness (QED) is 0.827. The Morgan fingerprint density at radius 3 is 2.63 bits per heavy atom. The van der Waals surface area contributed by atoms with Crippen molar-refractivity contribution in [3.05, 3.63) is 30.1 Å². The summed E-state index contributed by atoms with van der Waals surface area (Å²) >= 11 is 0. The number of benzene rings is 1. The minimum atomic E-state index is -0.755. The van der Waals surface area contributed by atoms with Crippen LogP contribution in [0.25, 0.3) is 0 Å². The van der Waals surface area contributed by atoms with Crippen molar-refractivity contribution in [1.29, 1.82) is 0 Å². The van der Waals surface area contributed by atoms with Gasteiger partial charge < -0.3 is 15.2 Å². The molecule has 0 heterocycles. The largest absolute Gasteiger partial charge is 0.481 e. The van der Waals surface area contributed by atoms with Gasteiger partial charge in [-0.3, -0.25) is 4.79 Å². The molecule has 1 amide bonds. The highest BCUT2D eigenvalue weighted by Gasteiger charge is 2.20. The number of hydrogen-bond acceptors (Lipinski definition) is 3. The lowest BCUT2D eigenvalue weighted by molar-refractivity contribution is -0.128. The summed E-state index contributed by atoms with van der Waals surface area (Å²) in [4.78, 5) is 11.9. The minimum Gasteiger partial charge on any atom is -0.481 e. The Hall–Kier alpha value is -1.62. The number of nitrogens with one attached hydrogen (secondary N) is 1. The maximum Gasteiger partial charge on any atom is 0.261 e. The topological polar surface area (TPSA) is 58.6 Å². The van der Waals surface area contributed by atoms with Gasteiger partial charge in [-0.05, 0) is 25.0 Å². The van der Waals surface area contributed by atoms with Crippen molar-refractivity contribution in [3.8, 4) is 5.75 Å². The Kier molecular flexibility index (Phi) is 5.76. The van der Waals surface area contributed by atoms with E-state index in [4.69, 9.17) is 9.84 Å². The second kappa shape index (κ2) is 7.09. The molecule has 1 rings (SSSR count). The van der Waals surface area contributed by atoms with Crippen molar-refractivity contribution in [1.82, 2.24) is 5.32 Å². The molecule has 0 aromatic heterocycles. The predicted octanol–water partition coefficient (Wildman–Crippen LogP) is 1.73. The van der Waals surface area contributed by atoms with Crippen LogP contribution in [0, 0.1) is 11.7 Å². The van der Waals surface area contributed by atoms with Crippen LogP contribution < -0.4 is 10.1 Å². The molecule has 0 aliphatic carbocycles.